The van der Waals surface area contributed by atoms with E-state index in [-0.39, 0.29) is 17.7 Å². The van der Waals surface area contributed by atoms with Gasteiger partial charge in [-0.3, -0.25) is 14.9 Å². The normalized spacial score (nSPS) is 15.6. The minimum atomic E-state index is -1.70. The smallest absolute Gasteiger partial charge is 0.305 e. The maximum atomic E-state index is 14.4. The summed E-state index contributed by atoms with van der Waals surface area (Å²) >= 11 is -1.70. The summed E-state index contributed by atoms with van der Waals surface area (Å²) in [5.41, 5.74) is -2.07. The molecule has 0 aliphatic carbocycles. The van der Waals surface area contributed by atoms with E-state index in [0.717, 1.165) is 18.2 Å². The van der Waals surface area contributed by atoms with Gasteiger partial charge in [0.15, 0.2) is 0 Å². The number of hydrogen-bond donors (Lipinski definition) is 2. The second-order valence-corrected chi connectivity index (χ2v) is 8.38. The van der Waals surface area contributed by atoms with Crippen LogP contribution < -0.4 is 4.72 Å². The number of carbonyl (C=O) groups is 1. The molecule has 0 aliphatic rings. The van der Waals surface area contributed by atoms with Crippen LogP contribution in [-0.4, -0.2) is 25.3 Å². The molecule has 0 aromatic heterocycles. The lowest BCUT2D eigenvalue weighted by atomic mass is 9.84. The van der Waals surface area contributed by atoms with Crippen molar-refractivity contribution in [3.05, 3.63) is 39.7 Å². The quantitative estimate of drug-likeness (QED) is 0.439. The van der Waals surface area contributed by atoms with Gasteiger partial charge in [-0.2, -0.15) is 0 Å². The predicted octanol–water partition coefficient (Wildman–Crippen LogP) is 2.87. The lowest BCUT2D eigenvalue weighted by molar-refractivity contribution is -0.385. The Morgan fingerprint density at radius 1 is 1.42 bits per heavy atom. The van der Waals surface area contributed by atoms with Crippen LogP contribution in [0.5, 0.6) is 0 Å². The van der Waals surface area contributed by atoms with Gasteiger partial charge in [-0.1, -0.05) is 6.92 Å². The number of hydrogen-bond acceptors (Lipinski definition) is 5. The van der Waals surface area contributed by atoms with Crippen molar-refractivity contribution in [2.24, 2.45) is 0 Å². The largest absolute Gasteiger partial charge is 0.598 e. The van der Waals surface area contributed by atoms with E-state index >= 15 is 0 Å². The first kappa shape index (κ1) is 20.3. The van der Waals surface area contributed by atoms with E-state index < -0.39 is 44.8 Å². The number of nitro groups is 1. The number of rotatable bonds is 7. The van der Waals surface area contributed by atoms with E-state index in [9.17, 15) is 29.0 Å². The minimum absolute atomic E-state index is 0.0825. The molecule has 0 radical (unpaired) electrons. The molecule has 0 bridgehead atoms. The number of halogens is 1. The van der Waals surface area contributed by atoms with E-state index in [2.05, 4.69) is 4.72 Å². The highest BCUT2D eigenvalue weighted by atomic mass is 32.2. The molecule has 2 atom stereocenters. The molecule has 0 heterocycles. The molecule has 2 unspecified atom stereocenters. The number of benzene rings is 1. The number of nitrogens with zero attached hydrogens (tertiary/aromatic N) is 1. The predicted molar refractivity (Wildman–Crippen MR) is 88.3 cm³/mol. The third-order valence-electron chi connectivity index (χ3n) is 3.58. The van der Waals surface area contributed by atoms with Crippen LogP contribution >= 0.6 is 0 Å². The fraction of sp³-hybridized carbons (Fsp3) is 0.533. The zero-order chi connectivity index (χ0) is 18.7. The molecule has 7 nitrogen and oxygen atoms in total. The Hall–Kier alpha value is -1.71. The molecule has 0 saturated carbocycles. The molecule has 134 valence electrons. The summed E-state index contributed by atoms with van der Waals surface area (Å²) in [4.78, 5) is 21.6. The van der Waals surface area contributed by atoms with Gasteiger partial charge in [-0.05, 0) is 33.3 Å². The molecule has 0 spiro atoms. The molecule has 24 heavy (non-hydrogen) atoms. The van der Waals surface area contributed by atoms with Crippen molar-refractivity contribution >= 4 is 23.0 Å². The Kier molecular flexibility index (Phi) is 6.32. The van der Waals surface area contributed by atoms with Crippen molar-refractivity contribution in [3.63, 3.8) is 0 Å². The van der Waals surface area contributed by atoms with Crippen molar-refractivity contribution < 1.29 is 23.8 Å². The lowest BCUT2D eigenvalue weighted by Crippen LogP contribution is -2.52. The lowest BCUT2D eigenvalue weighted by Gasteiger charge is -2.36. The summed E-state index contributed by atoms with van der Waals surface area (Å²) in [7, 11) is 0. The molecule has 1 aromatic carbocycles. The Labute approximate surface area is 142 Å². The van der Waals surface area contributed by atoms with Gasteiger partial charge in [0.25, 0.3) is 5.69 Å². The maximum Gasteiger partial charge on any atom is 0.305 e. The summed E-state index contributed by atoms with van der Waals surface area (Å²) in [6, 6.07) is 2.91. The van der Waals surface area contributed by atoms with Crippen LogP contribution in [0.4, 0.5) is 10.1 Å². The summed E-state index contributed by atoms with van der Waals surface area (Å²) in [6.45, 7) is 6.65. The van der Waals surface area contributed by atoms with Crippen molar-refractivity contribution in [2.75, 3.05) is 0 Å². The SMILES string of the molecule is CCC(CC(=O)O)(N[S+]([O-])C(C)(C)C)c1cc([N+](=O)[O-])ccc1F. The van der Waals surface area contributed by atoms with Crippen molar-refractivity contribution in [1.82, 2.24) is 4.72 Å². The monoisotopic (exact) mass is 360 g/mol. The molecular weight excluding hydrogens is 339 g/mol. The Morgan fingerprint density at radius 3 is 2.42 bits per heavy atom. The summed E-state index contributed by atoms with van der Waals surface area (Å²) in [6.07, 6.45) is -0.484. The Balaban J connectivity index is 3.50. The van der Waals surface area contributed by atoms with Gasteiger partial charge in [0.1, 0.15) is 16.1 Å². The van der Waals surface area contributed by atoms with Gasteiger partial charge in [0, 0.05) is 29.1 Å². The van der Waals surface area contributed by atoms with Crippen LogP contribution in [0.2, 0.25) is 0 Å². The van der Waals surface area contributed by atoms with Crippen LogP contribution in [0.1, 0.15) is 46.1 Å². The van der Waals surface area contributed by atoms with Crippen LogP contribution in [0, 0.1) is 15.9 Å². The first-order valence-corrected chi connectivity index (χ1v) is 8.44. The zero-order valence-corrected chi connectivity index (χ0v) is 14.8. The summed E-state index contributed by atoms with van der Waals surface area (Å²) in [5, 5.41) is 20.2. The van der Waals surface area contributed by atoms with Crippen LogP contribution in [0.15, 0.2) is 18.2 Å². The highest BCUT2D eigenvalue weighted by Crippen LogP contribution is 2.35. The number of non-ortho nitro benzene ring substituents is 1. The van der Waals surface area contributed by atoms with Crippen LogP contribution in [-0.2, 0) is 21.7 Å². The highest BCUT2D eigenvalue weighted by molar-refractivity contribution is 7.90. The van der Waals surface area contributed by atoms with Crippen LogP contribution in [0.25, 0.3) is 0 Å². The molecule has 2 N–H and O–H groups in total. The van der Waals surface area contributed by atoms with E-state index in [1.54, 1.807) is 27.7 Å². The number of aliphatic carboxylic acids is 1. The fourth-order valence-electron chi connectivity index (χ4n) is 2.16. The van der Waals surface area contributed by atoms with Crippen molar-refractivity contribution in [2.45, 2.75) is 50.8 Å². The molecular formula is C15H21FN2O5S. The van der Waals surface area contributed by atoms with E-state index in [0.29, 0.717) is 0 Å². The average molecular weight is 360 g/mol. The standard InChI is InChI=1S/C15H21FN2O5S/c1-5-15(9-13(19)20,17-24(23)14(2,3)4)11-8-10(18(21)22)6-7-12(11)16/h6-8,17H,5,9H2,1-4H3,(H,19,20). The number of nitrogens with one attached hydrogen (secondary N) is 1. The first-order valence-electron chi connectivity index (χ1n) is 7.29. The van der Waals surface area contributed by atoms with Gasteiger partial charge >= 0.3 is 5.97 Å². The molecule has 1 rings (SSSR count). The Morgan fingerprint density at radius 2 is 2.00 bits per heavy atom. The third-order valence-corrected chi connectivity index (χ3v) is 5.27. The number of carboxylic acid groups (broad SMARTS) is 1. The third kappa shape index (κ3) is 4.65. The number of nitro benzene ring substituents is 1. The average Bonchev–Trinajstić information content (AvgIpc) is 2.45. The second kappa shape index (κ2) is 7.45. The number of carboxylic acids is 1. The van der Waals surface area contributed by atoms with E-state index in [1.165, 1.54) is 0 Å². The van der Waals surface area contributed by atoms with Crippen molar-refractivity contribution in [1.29, 1.82) is 0 Å². The van der Waals surface area contributed by atoms with Gasteiger partial charge in [-0.15, -0.1) is 4.72 Å². The van der Waals surface area contributed by atoms with Gasteiger partial charge < -0.3 is 9.66 Å². The van der Waals surface area contributed by atoms with Crippen molar-refractivity contribution in [3.8, 4) is 0 Å². The minimum Gasteiger partial charge on any atom is -0.598 e. The maximum absolute atomic E-state index is 14.4. The molecule has 1 aromatic rings. The molecule has 0 amide bonds. The topological polar surface area (TPSA) is 116 Å². The molecule has 0 fully saturated rings. The van der Waals surface area contributed by atoms with E-state index in [4.69, 9.17) is 0 Å². The highest BCUT2D eigenvalue weighted by Gasteiger charge is 2.43. The van der Waals surface area contributed by atoms with E-state index in [1.807, 2.05) is 0 Å². The van der Waals surface area contributed by atoms with Gasteiger partial charge in [0.2, 0.25) is 0 Å². The fourth-order valence-corrected chi connectivity index (χ4v) is 3.14. The Bertz CT molecular complexity index is 635. The van der Waals surface area contributed by atoms with Crippen LogP contribution in [0.3, 0.4) is 0 Å². The molecule has 9 heteroatoms. The first-order chi connectivity index (χ1) is 10.9. The summed E-state index contributed by atoms with van der Waals surface area (Å²) in [5.74, 6) is -2.02. The molecule has 0 aliphatic heterocycles. The molecule has 0 saturated heterocycles. The van der Waals surface area contributed by atoms with Gasteiger partial charge in [-0.25, -0.2) is 4.39 Å². The second-order valence-electron chi connectivity index (χ2n) is 6.41. The van der Waals surface area contributed by atoms with Gasteiger partial charge in [0.05, 0.1) is 11.3 Å². The summed E-state index contributed by atoms with van der Waals surface area (Å²) < 4.78 is 28.8. The zero-order valence-electron chi connectivity index (χ0n) is 14.0.